The molecule has 0 bridgehead atoms. The molecule has 2 unspecified atom stereocenters. The predicted molar refractivity (Wildman–Crippen MR) is 125 cm³/mol. The summed E-state index contributed by atoms with van der Waals surface area (Å²) in [5, 5.41) is 1.25. The van der Waals surface area contributed by atoms with E-state index in [0.717, 1.165) is 0 Å². The first-order chi connectivity index (χ1) is 14.1. The fraction of sp³-hybridized carbons (Fsp3) is 0.333. The van der Waals surface area contributed by atoms with E-state index in [1.54, 1.807) is 0 Å². The Bertz CT molecular complexity index is 892. The molecule has 0 spiro atoms. The Morgan fingerprint density at radius 2 is 1.41 bits per heavy atom. The quantitative estimate of drug-likeness (QED) is 0.416. The van der Waals surface area contributed by atoms with Crippen molar-refractivity contribution in [1.82, 2.24) is 4.90 Å². The van der Waals surface area contributed by atoms with Crippen LogP contribution in [0.25, 0.3) is 0 Å². The van der Waals surface area contributed by atoms with Crippen LogP contribution in [0.4, 0.5) is 0 Å². The van der Waals surface area contributed by atoms with Crippen LogP contribution < -0.4 is 4.46 Å². The van der Waals surface area contributed by atoms with Gasteiger partial charge in [-0.25, -0.2) is 0 Å². The molecule has 4 rings (SSSR count). The first-order valence-electron chi connectivity index (χ1n) is 10.6. The van der Waals surface area contributed by atoms with Crippen LogP contribution in [-0.2, 0) is 0 Å². The van der Waals surface area contributed by atoms with Crippen molar-refractivity contribution in [3.05, 3.63) is 102 Å². The van der Waals surface area contributed by atoms with E-state index < -0.39 is 0 Å². The van der Waals surface area contributed by atoms with Crippen molar-refractivity contribution in [2.75, 3.05) is 0 Å². The molecule has 3 atom stereocenters. The number of hydrogen-bond acceptors (Lipinski definition) is 1. The molecule has 1 fully saturated rings. The summed E-state index contributed by atoms with van der Waals surface area (Å²) in [4.78, 5) is 2.83. The second-order valence-electron chi connectivity index (χ2n) is 8.79. The Morgan fingerprint density at radius 1 is 0.862 bits per heavy atom. The maximum atomic E-state index is 2.83. The van der Waals surface area contributed by atoms with Crippen LogP contribution in [0.2, 0.25) is 5.32 Å². The van der Waals surface area contributed by atoms with Crippen molar-refractivity contribution < 1.29 is 0 Å². The van der Waals surface area contributed by atoms with Crippen molar-refractivity contribution in [3.8, 4) is 0 Å². The standard InChI is InChI=1S/C27H31NSe/c1-21(22-13-7-4-8-14-22)28-25(23-15-9-5-10-16-23)19-27(2,3)26(28)20-29-24-17-11-6-12-18-24/h4-18,21,25-26H,19-20H2,1-3H3/t21-,25?,26?/m1/s1. The van der Waals surface area contributed by atoms with Crippen LogP contribution in [0.1, 0.15) is 50.4 Å². The molecule has 1 aliphatic rings. The van der Waals surface area contributed by atoms with Crippen LogP contribution in [0.5, 0.6) is 0 Å². The Hall–Kier alpha value is -1.86. The van der Waals surface area contributed by atoms with Gasteiger partial charge < -0.3 is 0 Å². The topological polar surface area (TPSA) is 3.24 Å². The SMILES string of the molecule is C[C@H](c1ccccc1)N1C(c2ccccc2)CC(C)(C)C1C[Se]c1ccccc1. The van der Waals surface area contributed by atoms with Crippen molar-refractivity contribution in [2.45, 2.75) is 50.6 Å². The number of nitrogens with zero attached hydrogens (tertiary/aromatic N) is 1. The summed E-state index contributed by atoms with van der Waals surface area (Å²) >= 11 is 0.490. The fourth-order valence-electron chi connectivity index (χ4n) is 4.77. The van der Waals surface area contributed by atoms with Gasteiger partial charge in [-0.1, -0.05) is 0 Å². The molecular formula is C27H31NSe. The molecular weight excluding hydrogens is 417 g/mol. The molecule has 0 amide bonds. The van der Waals surface area contributed by atoms with E-state index in [1.165, 1.54) is 27.3 Å². The molecule has 1 heterocycles. The van der Waals surface area contributed by atoms with E-state index >= 15 is 0 Å². The van der Waals surface area contributed by atoms with Crippen molar-refractivity contribution in [1.29, 1.82) is 0 Å². The third-order valence-corrected chi connectivity index (χ3v) is 8.69. The van der Waals surface area contributed by atoms with Crippen molar-refractivity contribution in [3.63, 3.8) is 0 Å². The summed E-state index contributed by atoms with van der Waals surface area (Å²) in [5.41, 5.74) is 3.17. The van der Waals surface area contributed by atoms with E-state index in [-0.39, 0.29) is 0 Å². The van der Waals surface area contributed by atoms with Crippen molar-refractivity contribution >= 4 is 19.4 Å². The number of rotatable bonds is 6. The van der Waals surface area contributed by atoms with Crippen LogP contribution in [0.15, 0.2) is 91.0 Å². The van der Waals surface area contributed by atoms with Crippen molar-refractivity contribution in [2.24, 2.45) is 5.41 Å². The van der Waals surface area contributed by atoms with E-state index in [1.807, 2.05) is 0 Å². The molecule has 3 aromatic carbocycles. The molecule has 0 aliphatic carbocycles. The van der Waals surface area contributed by atoms with E-state index in [4.69, 9.17) is 0 Å². The van der Waals surface area contributed by atoms with Gasteiger partial charge in [0.15, 0.2) is 0 Å². The summed E-state index contributed by atoms with van der Waals surface area (Å²) in [6.45, 7) is 7.36. The minimum absolute atomic E-state index is 0.292. The van der Waals surface area contributed by atoms with E-state index in [2.05, 4.69) is 117 Å². The molecule has 2 heteroatoms. The number of benzene rings is 3. The van der Waals surface area contributed by atoms with Gasteiger partial charge in [0.25, 0.3) is 0 Å². The number of hydrogen-bond donors (Lipinski definition) is 0. The van der Waals surface area contributed by atoms with Crippen LogP contribution in [-0.4, -0.2) is 25.9 Å². The molecule has 3 aromatic rings. The Labute approximate surface area is 182 Å². The summed E-state index contributed by atoms with van der Waals surface area (Å²) in [5.74, 6) is 0. The summed E-state index contributed by atoms with van der Waals surface area (Å²) in [7, 11) is 0. The minimum atomic E-state index is 0.292. The zero-order chi connectivity index (χ0) is 20.3. The Kier molecular flexibility index (Phi) is 6.25. The van der Waals surface area contributed by atoms with Crippen LogP contribution in [0, 0.1) is 5.41 Å². The average Bonchev–Trinajstić information content (AvgIpc) is 3.04. The maximum absolute atomic E-state index is 2.83. The molecule has 29 heavy (non-hydrogen) atoms. The first-order valence-corrected chi connectivity index (χ1v) is 12.7. The van der Waals surface area contributed by atoms with Gasteiger partial charge >= 0.3 is 182 Å². The van der Waals surface area contributed by atoms with Gasteiger partial charge in [0.2, 0.25) is 0 Å². The first kappa shape index (κ1) is 20.4. The van der Waals surface area contributed by atoms with E-state index in [0.29, 0.717) is 38.5 Å². The van der Waals surface area contributed by atoms with Gasteiger partial charge in [-0.2, -0.15) is 0 Å². The van der Waals surface area contributed by atoms with Gasteiger partial charge in [-0.05, 0) is 0 Å². The molecule has 0 saturated carbocycles. The summed E-state index contributed by atoms with van der Waals surface area (Å²) in [6.07, 6.45) is 1.21. The zero-order valence-electron chi connectivity index (χ0n) is 17.7. The monoisotopic (exact) mass is 449 g/mol. The molecule has 0 radical (unpaired) electrons. The molecule has 1 nitrogen and oxygen atoms in total. The third kappa shape index (κ3) is 4.51. The molecule has 1 aliphatic heterocycles. The third-order valence-electron chi connectivity index (χ3n) is 6.41. The van der Waals surface area contributed by atoms with Gasteiger partial charge in [0.1, 0.15) is 0 Å². The van der Waals surface area contributed by atoms with E-state index in [9.17, 15) is 0 Å². The summed E-state index contributed by atoms with van der Waals surface area (Å²) in [6, 6.07) is 34.7. The van der Waals surface area contributed by atoms with Gasteiger partial charge in [0, 0.05) is 0 Å². The number of likely N-dealkylation sites (tertiary alicyclic amines) is 1. The van der Waals surface area contributed by atoms with Crippen LogP contribution >= 0.6 is 0 Å². The second-order valence-corrected chi connectivity index (χ2v) is 11.1. The Balaban J connectivity index is 1.67. The van der Waals surface area contributed by atoms with Gasteiger partial charge in [0.05, 0.1) is 0 Å². The van der Waals surface area contributed by atoms with Gasteiger partial charge in [-0.3, -0.25) is 0 Å². The predicted octanol–water partition coefficient (Wildman–Crippen LogP) is 6.04. The summed E-state index contributed by atoms with van der Waals surface area (Å²) < 4.78 is 1.51. The molecule has 0 N–H and O–H groups in total. The molecule has 1 saturated heterocycles. The molecule has 0 aromatic heterocycles. The Morgan fingerprint density at radius 3 is 2.03 bits per heavy atom. The second kappa shape index (κ2) is 8.88. The normalized spacial score (nSPS) is 22.4. The zero-order valence-corrected chi connectivity index (χ0v) is 19.4. The fourth-order valence-corrected chi connectivity index (χ4v) is 7.55. The van der Waals surface area contributed by atoms with Crippen LogP contribution in [0.3, 0.4) is 0 Å². The molecule has 150 valence electrons. The average molecular weight is 449 g/mol. The van der Waals surface area contributed by atoms with Gasteiger partial charge in [-0.15, -0.1) is 0 Å².